The predicted molar refractivity (Wildman–Crippen MR) is 52.2 cm³/mol. The molecule has 13 heavy (non-hydrogen) atoms. The fourth-order valence-electron chi connectivity index (χ4n) is 1.57. The Bertz CT molecular complexity index is 323. The molecule has 5 heteroatoms. The third kappa shape index (κ3) is 1.37. The second-order valence-corrected chi connectivity index (χ2v) is 4.18. The van der Waals surface area contributed by atoms with Gasteiger partial charge in [-0.2, -0.15) is 11.8 Å². The molecule has 1 unspecified atom stereocenters. The lowest BCUT2D eigenvalue weighted by molar-refractivity contribution is 0.197. The maximum Gasteiger partial charge on any atom is 0.122 e. The number of fused-ring (bicyclic) bond motifs is 1. The van der Waals surface area contributed by atoms with Gasteiger partial charge in [-0.3, -0.25) is 0 Å². The van der Waals surface area contributed by atoms with Gasteiger partial charge in [0, 0.05) is 18.6 Å². The lowest BCUT2D eigenvalue weighted by Crippen LogP contribution is -2.11. The number of aliphatic hydroxyl groups is 1. The van der Waals surface area contributed by atoms with Gasteiger partial charge in [0.25, 0.3) is 0 Å². The van der Waals surface area contributed by atoms with Gasteiger partial charge in [-0.05, 0) is 0 Å². The number of imidazole rings is 1. The van der Waals surface area contributed by atoms with Gasteiger partial charge in [0.05, 0.1) is 17.9 Å². The summed E-state index contributed by atoms with van der Waals surface area (Å²) in [5.74, 6) is 2.52. The van der Waals surface area contributed by atoms with Crippen molar-refractivity contribution in [2.24, 2.45) is 12.8 Å². The highest BCUT2D eigenvalue weighted by molar-refractivity contribution is 7.98. The molecule has 0 spiro atoms. The van der Waals surface area contributed by atoms with Gasteiger partial charge in [0.2, 0.25) is 0 Å². The van der Waals surface area contributed by atoms with Crippen LogP contribution < -0.4 is 5.73 Å². The molecule has 0 bridgehead atoms. The minimum absolute atomic E-state index is 0.416. The van der Waals surface area contributed by atoms with E-state index in [1.165, 1.54) is 0 Å². The molecule has 1 aromatic rings. The van der Waals surface area contributed by atoms with E-state index in [4.69, 9.17) is 5.73 Å². The van der Waals surface area contributed by atoms with Gasteiger partial charge in [-0.15, -0.1) is 0 Å². The van der Waals surface area contributed by atoms with Gasteiger partial charge in [-0.1, -0.05) is 0 Å². The summed E-state index contributed by atoms with van der Waals surface area (Å²) in [6.07, 6.45) is -0.416. The molecule has 0 aliphatic carbocycles. The topological polar surface area (TPSA) is 64.1 Å². The lowest BCUT2D eigenvalue weighted by Gasteiger charge is -2.16. The van der Waals surface area contributed by atoms with Gasteiger partial charge in [0.1, 0.15) is 11.9 Å². The third-order valence-electron chi connectivity index (χ3n) is 2.35. The number of aliphatic hydroxyl groups excluding tert-OH is 1. The van der Waals surface area contributed by atoms with Crippen molar-refractivity contribution in [1.82, 2.24) is 9.55 Å². The van der Waals surface area contributed by atoms with Crippen molar-refractivity contribution in [1.29, 1.82) is 0 Å². The first-order valence-electron chi connectivity index (χ1n) is 4.24. The lowest BCUT2D eigenvalue weighted by atomic mass is 10.2. The molecule has 1 aliphatic rings. The second kappa shape index (κ2) is 3.32. The summed E-state index contributed by atoms with van der Waals surface area (Å²) in [5.41, 5.74) is 7.47. The average molecular weight is 199 g/mol. The summed E-state index contributed by atoms with van der Waals surface area (Å²) < 4.78 is 1.99. The minimum atomic E-state index is -0.416. The van der Waals surface area contributed by atoms with Gasteiger partial charge in [0.15, 0.2) is 0 Å². The Morgan fingerprint density at radius 2 is 2.54 bits per heavy atom. The normalized spacial score (nSPS) is 21.6. The van der Waals surface area contributed by atoms with E-state index in [0.717, 1.165) is 28.7 Å². The highest BCUT2D eigenvalue weighted by atomic mass is 32.2. The standard InChI is InChI=1S/C8H13N3OS/c1-11-5-3-13-4-6(12)8(5)10-7(11)2-9/h6,12H,2-4,9H2,1H3. The quantitative estimate of drug-likeness (QED) is 0.676. The van der Waals surface area contributed by atoms with Gasteiger partial charge >= 0.3 is 0 Å². The zero-order chi connectivity index (χ0) is 9.42. The summed E-state index contributed by atoms with van der Waals surface area (Å²) in [4.78, 5) is 4.32. The van der Waals surface area contributed by atoms with E-state index >= 15 is 0 Å². The largest absolute Gasteiger partial charge is 0.386 e. The van der Waals surface area contributed by atoms with Crippen molar-refractivity contribution in [3.8, 4) is 0 Å². The van der Waals surface area contributed by atoms with Crippen LogP contribution in [0.25, 0.3) is 0 Å². The maximum absolute atomic E-state index is 9.66. The SMILES string of the molecule is Cn1c(CN)nc2c1CSCC2O. The van der Waals surface area contributed by atoms with E-state index in [1.807, 2.05) is 11.6 Å². The molecule has 0 saturated heterocycles. The molecule has 4 nitrogen and oxygen atoms in total. The van der Waals surface area contributed by atoms with Crippen LogP contribution in [0.3, 0.4) is 0 Å². The van der Waals surface area contributed by atoms with Crippen molar-refractivity contribution in [3.63, 3.8) is 0 Å². The number of hydrogen-bond acceptors (Lipinski definition) is 4. The Kier molecular flexibility index (Phi) is 2.31. The highest BCUT2D eigenvalue weighted by Crippen LogP contribution is 2.31. The zero-order valence-electron chi connectivity index (χ0n) is 7.53. The maximum atomic E-state index is 9.66. The number of nitrogens with zero attached hydrogens (tertiary/aromatic N) is 2. The van der Waals surface area contributed by atoms with Crippen LogP contribution in [-0.2, 0) is 19.3 Å². The van der Waals surface area contributed by atoms with Gasteiger partial charge < -0.3 is 15.4 Å². The van der Waals surface area contributed by atoms with Crippen LogP contribution in [0.4, 0.5) is 0 Å². The van der Waals surface area contributed by atoms with Crippen molar-refractivity contribution >= 4 is 11.8 Å². The molecule has 2 rings (SSSR count). The fourth-order valence-corrected chi connectivity index (χ4v) is 2.61. The fraction of sp³-hybridized carbons (Fsp3) is 0.625. The monoisotopic (exact) mass is 199 g/mol. The first kappa shape index (κ1) is 9.05. The van der Waals surface area contributed by atoms with E-state index in [0.29, 0.717) is 6.54 Å². The highest BCUT2D eigenvalue weighted by Gasteiger charge is 2.24. The molecule has 1 aromatic heterocycles. The first-order valence-corrected chi connectivity index (χ1v) is 5.39. The van der Waals surface area contributed by atoms with E-state index in [9.17, 15) is 5.11 Å². The van der Waals surface area contributed by atoms with Crippen molar-refractivity contribution in [2.45, 2.75) is 18.4 Å². The van der Waals surface area contributed by atoms with E-state index < -0.39 is 6.10 Å². The molecule has 3 N–H and O–H groups in total. The predicted octanol–water partition coefficient (Wildman–Crippen LogP) is 0.159. The molecule has 2 heterocycles. The molecule has 0 saturated carbocycles. The van der Waals surface area contributed by atoms with Crippen molar-refractivity contribution in [3.05, 3.63) is 17.2 Å². The van der Waals surface area contributed by atoms with Crippen molar-refractivity contribution < 1.29 is 5.11 Å². The molecular formula is C8H13N3OS. The van der Waals surface area contributed by atoms with Crippen LogP contribution in [-0.4, -0.2) is 20.4 Å². The molecule has 72 valence electrons. The van der Waals surface area contributed by atoms with E-state index in [1.54, 1.807) is 11.8 Å². The Morgan fingerprint density at radius 3 is 3.15 bits per heavy atom. The van der Waals surface area contributed by atoms with Crippen LogP contribution in [0.5, 0.6) is 0 Å². The first-order chi connectivity index (χ1) is 6.24. The van der Waals surface area contributed by atoms with E-state index in [-0.39, 0.29) is 0 Å². The number of thioether (sulfide) groups is 1. The van der Waals surface area contributed by atoms with Crippen LogP contribution in [0.2, 0.25) is 0 Å². The van der Waals surface area contributed by atoms with E-state index in [2.05, 4.69) is 4.98 Å². The van der Waals surface area contributed by atoms with Crippen LogP contribution in [0.15, 0.2) is 0 Å². The Morgan fingerprint density at radius 1 is 1.77 bits per heavy atom. The summed E-state index contributed by atoms with van der Waals surface area (Å²) >= 11 is 1.73. The van der Waals surface area contributed by atoms with Gasteiger partial charge in [-0.25, -0.2) is 4.98 Å². The summed E-state index contributed by atoms with van der Waals surface area (Å²) in [7, 11) is 1.95. The smallest absolute Gasteiger partial charge is 0.122 e. The molecule has 1 aliphatic heterocycles. The second-order valence-electron chi connectivity index (χ2n) is 3.15. The Balaban J connectivity index is 2.48. The molecule has 0 radical (unpaired) electrons. The Labute approximate surface area is 81.1 Å². The van der Waals surface area contributed by atoms with Crippen molar-refractivity contribution in [2.75, 3.05) is 5.75 Å². The van der Waals surface area contributed by atoms with Crippen LogP contribution >= 0.6 is 11.8 Å². The Hall–Kier alpha value is -0.520. The number of rotatable bonds is 1. The number of nitrogens with two attached hydrogens (primary N) is 1. The summed E-state index contributed by atoms with van der Waals surface area (Å²) in [5, 5.41) is 9.66. The molecule has 1 atom stereocenters. The minimum Gasteiger partial charge on any atom is -0.386 e. The molecule has 0 fully saturated rings. The zero-order valence-corrected chi connectivity index (χ0v) is 8.34. The average Bonchev–Trinajstić information content (AvgIpc) is 2.45. The van der Waals surface area contributed by atoms with Crippen LogP contribution in [0, 0.1) is 0 Å². The summed E-state index contributed by atoms with van der Waals surface area (Å²) in [6.45, 7) is 0.431. The molecular weight excluding hydrogens is 186 g/mol. The molecule has 0 amide bonds. The third-order valence-corrected chi connectivity index (χ3v) is 3.38. The molecule has 0 aromatic carbocycles. The summed E-state index contributed by atoms with van der Waals surface area (Å²) in [6, 6.07) is 0. The van der Waals surface area contributed by atoms with Crippen LogP contribution in [0.1, 0.15) is 23.3 Å². The number of hydrogen-bond donors (Lipinski definition) is 2. The number of aromatic nitrogens is 2.